The van der Waals surface area contributed by atoms with E-state index in [0.29, 0.717) is 24.8 Å². The van der Waals surface area contributed by atoms with Crippen LogP contribution in [-0.2, 0) is 22.9 Å². The van der Waals surface area contributed by atoms with Crippen LogP contribution in [0.4, 0.5) is 10.1 Å². The van der Waals surface area contributed by atoms with E-state index < -0.39 is 21.4 Å². The minimum Gasteiger partial charge on any atom is -0.390 e. The van der Waals surface area contributed by atoms with Crippen molar-refractivity contribution in [1.29, 1.82) is 5.26 Å². The summed E-state index contributed by atoms with van der Waals surface area (Å²) in [6, 6.07) is 5.41. The number of nitrogens with zero attached hydrogens (tertiary/aromatic N) is 2. The standard InChI is InChI=1S/C18H19FIN3O3S2.C2H6/c1-18(2,24)12-4-5-13-16(8-12)23(27-20)10-17(13)28(25,26)22-15-6-3-11(9-21)7-14(15)19;1-2/h3,6-7,10,12,22,24H,4-5,8H2,1-2H3;1-2H3. The number of anilines is 1. The van der Waals surface area contributed by atoms with Crippen molar-refractivity contribution in [3.8, 4) is 6.07 Å². The smallest absolute Gasteiger partial charge is 0.263 e. The lowest BCUT2D eigenvalue weighted by atomic mass is 9.78. The molecule has 1 aliphatic carbocycles. The molecule has 2 aromatic rings. The zero-order valence-electron chi connectivity index (χ0n) is 17.2. The van der Waals surface area contributed by atoms with Gasteiger partial charge in [0.2, 0.25) is 0 Å². The van der Waals surface area contributed by atoms with Crippen LogP contribution in [0.1, 0.15) is 50.9 Å². The summed E-state index contributed by atoms with van der Waals surface area (Å²) >= 11 is 2.08. The van der Waals surface area contributed by atoms with Crippen LogP contribution in [0, 0.1) is 23.1 Å². The maximum Gasteiger partial charge on any atom is 0.263 e. The molecule has 0 aliphatic heterocycles. The van der Waals surface area contributed by atoms with E-state index in [4.69, 9.17) is 5.26 Å². The summed E-state index contributed by atoms with van der Waals surface area (Å²) in [7, 11) is -2.66. The molecule has 1 atom stereocenters. The molecule has 0 saturated heterocycles. The highest BCUT2D eigenvalue weighted by Gasteiger charge is 2.36. The Labute approximate surface area is 193 Å². The molecular weight excluding hydrogens is 540 g/mol. The van der Waals surface area contributed by atoms with Gasteiger partial charge in [-0.15, -0.1) is 0 Å². The summed E-state index contributed by atoms with van der Waals surface area (Å²) in [6.07, 6.45) is 3.29. The SMILES string of the molecule is CC.CC(C)(O)C1CCc2c(S(=O)(=O)Nc3ccc(C#N)cc3F)cn(SI)c2C1. The molecule has 2 N–H and O–H groups in total. The maximum atomic E-state index is 14.2. The number of aromatic nitrogens is 1. The van der Waals surface area contributed by atoms with Crippen molar-refractivity contribution in [3.63, 3.8) is 0 Å². The molecule has 3 rings (SSSR count). The molecule has 1 aliphatic rings. The summed E-state index contributed by atoms with van der Waals surface area (Å²) in [5.74, 6) is -0.780. The van der Waals surface area contributed by atoms with Gasteiger partial charge in [-0.2, -0.15) is 5.26 Å². The first-order chi connectivity index (χ1) is 14.1. The van der Waals surface area contributed by atoms with Crippen LogP contribution in [0.5, 0.6) is 0 Å². The second kappa shape index (κ2) is 9.89. The van der Waals surface area contributed by atoms with E-state index in [9.17, 15) is 17.9 Å². The zero-order valence-corrected chi connectivity index (χ0v) is 21.0. The molecule has 1 aromatic heterocycles. The van der Waals surface area contributed by atoms with Crippen molar-refractivity contribution >= 4 is 46.0 Å². The fourth-order valence-electron chi connectivity index (χ4n) is 3.44. The van der Waals surface area contributed by atoms with Crippen molar-refractivity contribution in [2.45, 2.75) is 57.5 Å². The summed E-state index contributed by atoms with van der Waals surface area (Å²) in [5, 5.41) is 19.2. The Morgan fingerprint density at radius 1 is 1.40 bits per heavy atom. The first kappa shape index (κ1) is 25.0. The highest BCUT2D eigenvalue weighted by atomic mass is 127. The Kier molecular flexibility index (Phi) is 8.23. The highest BCUT2D eigenvalue weighted by Crippen LogP contribution is 2.39. The maximum absolute atomic E-state index is 14.2. The van der Waals surface area contributed by atoms with Crippen LogP contribution in [-0.4, -0.2) is 23.1 Å². The third-order valence-corrected chi connectivity index (χ3v) is 8.20. The lowest BCUT2D eigenvalue weighted by Crippen LogP contribution is -2.35. The second-order valence-corrected chi connectivity index (χ2v) is 10.7. The summed E-state index contributed by atoms with van der Waals surface area (Å²) in [4.78, 5) is 0.115. The predicted molar refractivity (Wildman–Crippen MR) is 127 cm³/mol. The van der Waals surface area contributed by atoms with Crippen LogP contribution in [0.3, 0.4) is 0 Å². The van der Waals surface area contributed by atoms with Crippen LogP contribution >= 0.6 is 30.3 Å². The Bertz CT molecular complexity index is 1060. The third kappa shape index (κ3) is 5.30. The molecule has 0 radical (unpaired) electrons. The van der Waals surface area contributed by atoms with Gasteiger partial charge in [0.1, 0.15) is 10.7 Å². The number of fused-ring (bicyclic) bond motifs is 1. The highest BCUT2D eigenvalue weighted by molar-refractivity contribution is 14.2. The summed E-state index contributed by atoms with van der Waals surface area (Å²) in [5.41, 5.74) is 0.617. The van der Waals surface area contributed by atoms with Gasteiger partial charge in [0.25, 0.3) is 10.0 Å². The average molecular weight is 565 g/mol. The van der Waals surface area contributed by atoms with Crippen molar-refractivity contribution in [3.05, 3.63) is 47.0 Å². The zero-order chi connectivity index (χ0) is 22.7. The van der Waals surface area contributed by atoms with Gasteiger partial charge >= 0.3 is 0 Å². The topological polar surface area (TPSA) is 95.1 Å². The van der Waals surface area contributed by atoms with Gasteiger partial charge in [-0.3, -0.25) is 8.69 Å². The lowest BCUT2D eigenvalue weighted by molar-refractivity contribution is 0.0104. The number of rotatable bonds is 5. The normalized spacial score (nSPS) is 16.1. The molecule has 0 saturated carbocycles. The lowest BCUT2D eigenvalue weighted by Gasteiger charge is -2.33. The minimum atomic E-state index is -4.01. The van der Waals surface area contributed by atoms with Gasteiger partial charge in [-0.1, -0.05) is 13.8 Å². The quantitative estimate of drug-likeness (QED) is 0.495. The average Bonchev–Trinajstić information content (AvgIpc) is 3.09. The van der Waals surface area contributed by atoms with Gasteiger partial charge < -0.3 is 5.11 Å². The molecule has 0 fully saturated rings. The second-order valence-electron chi connectivity index (χ2n) is 7.32. The van der Waals surface area contributed by atoms with Gasteiger partial charge in [0, 0.05) is 42.2 Å². The minimum absolute atomic E-state index is 0.0247. The molecular formula is C20H25FIN3O3S2. The van der Waals surface area contributed by atoms with Gasteiger partial charge in [0.15, 0.2) is 0 Å². The summed E-state index contributed by atoms with van der Waals surface area (Å²) < 4.78 is 44.2. The van der Waals surface area contributed by atoms with Crippen molar-refractivity contribution in [1.82, 2.24) is 3.97 Å². The Hall–Kier alpha value is -1.29. The van der Waals surface area contributed by atoms with E-state index in [2.05, 4.69) is 25.9 Å². The van der Waals surface area contributed by atoms with Gasteiger partial charge in [-0.25, -0.2) is 12.8 Å². The Morgan fingerprint density at radius 3 is 2.60 bits per heavy atom. The summed E-state index contributed by atoms with van der Waals surface area (Å²) in [6.45, 7) is 7.53. The third-order valence-electron chi connectivity index (χ3n) is 5.03. The number of nitrogens with one attached hydrogen (secondary N) is 1. The molecule has 1 unspecified atom stereocenters. The fraction of sp³-hybridized carbons (Fsp3) is 0.450. The Morgan fingerprint density at radius 2 is 2.07 bits per heavy atom. The number of hydrogen-bond donors (Lipinski definition) is 2. The van der Waals surface area contributed by atoms with E-state index in [1.54, 1.807) is 24.0 Å². The number of hydrogen-bond acceptors (Lipinski definition) is 5. The molecule has 0 bridgehead atoms. The molecule has 6 nitrogen and oxygen atoms in total. The van der Waals surface area contributed by atoms with Crippen molar-refractivity contribution in [2.75, 3.05) is 4.72 Å². The van der Waals surface area contributed by atoms with E-state index in [-0.39, 0.29) is 22.1 Å². The monoisotopic (exact) mass is 565 g/mol. The first-order valence-corrected chi connectivity index (χ1v) is 14.3. The van der Waals surface area contributed by atoms with E-state index in [1.165, 1.54) is 21.3 Å². The molecule has 164 valence electrons. The van der Waals surface area contributed by atoms with Crippen LogP contribution in [0.15, 0.2) is 29.3 Å². The number of halogens is 2. The Balaban J connectivity index is 0.00000155. The van der Waals surface area contributed by atoms with Gasteiger partial charge in [0.05, 0.1) is 22.9 Å². The van der Waals surface area contributed by atoms with Gasteiger partial charge in [-0.05, 0) is 62.8 Å². The molecule has 1 aromatic carbocycles. The van der Waals surface area contributed by atoms with E-state index in [0.717, 1.165) is 11.8 Å². The van der Waals surface area contributed by atoms with Crippen LogP contribution in [0.25, 0.3) is 0 Å². The van der Waals surface area contributed by atoms with Crippen molar-refractivity contribution < 1.29 is 17.9 Å². The number of aliphatic hydroxyl groups is 1. The molecule has 0 amide bonds. The predicted octanol–water partition coefficient (Wildman–Crippen LogP) is 5.05. The number of sulfonamides is 1. The molecule has 0 spiro atoms. The molecule has 10 heteroatoms. The molecule has 30 heavy (non-hydrogen) atoms. The van der Waals surface area contributed by atoms with Crippen molar-refractivity contribution in [2.24, 2.45) is 5.92 Å². The van der Waals surface area contributed by atoms with Crippen LogP contribution < -0.4 is 4.72 Å². The van der Waals surface area contributed by atoms with E-state index >= 15 is 0 Å². The fourth-order valence-corrected chi connectivity index (χ4v) is 6.32. The van der Waals surface area contributed by atoms with Crippen LogP contribution in [0.2, 0.25) is 0 Å². The first-order valence-electron chi connectivity index (χ1n) is 9.54. The molecule has 1 heterocycles. The largest absolute Gasteiger partial charge is 0.390 e. The van der Waals surface area contributed by atoms with E-state index in [1.807, 2.05) is 19.9 Å². The number of benzene rings is 1. The number of nitriles is 1.